The summed E-state index contributed by atoms with van der Waals surface area (Å²) in [6.07, 6.45) is 2.93. The Morgan fingerprint density at radius 3 is 3.00 bits per heavy atom. The zero-order valence-electron chi connectivity index (χ0n) is 5.41. The van der Waals surface area contributed by atoms with Crippen LogP contribution in [0.5, 0.6) is 0 Å². The Hall–Kier alpha value is -1.22. The number of carbonyl (C=O) groups excluding carboxylic acids is 1. The zero-order chi connectivity index (χ0) is 7.84. The molecular formula is C7H3ClN2O. The predicted molar refractivity (Wildman–Crippen MR) is 41.2 cm³/mol. The van der Waals surface area contributed by atoms with E-state index in [-0.39, 0.29) is 5.91 Å². The summed E-state index contributed by atoms with van der Waals surface area (Å²) in [5.41, 5.74) is 1.16. The van der Waals surface area contributed by atoms with Crippen LogP contribution in [0.25, 0.3) is 0 Å². The molecule has 1 amide bonds. The Labute approximate surface area is 67.7 Å². The summed E-state index contributed by atoms with van der Waals surface area (Å²) < 4.78 is 0. The molecule has 1 aliphatic rings. The van der Waals surface area contributed by atoms with E-state index in [4.69, 9.17) is 11.6 Å². The number of halogens is 1. The smallest absolute Gasteiger partial charge is 0.267 e. The van der Waals surface area contributed by atoms with Crippen molar-refractivity contribution in [1.29, 1.82) is 0 Å². The van der Waals surface area contributed by atoms with Gasteiger partial charge in [-0.15, -0.1) is 0 Å². The lowest BCUT2D eigenvalue weighted by Gasteiger charge is -1.94. The van der Waals surface area contributed by atoms with Crippen LogP contribution in [0.15, 0.2) is 17.3 Å². The summed E-state index contributed by atoms with van der Waals surface area (Å²) in [6.45, 7) is 0. The van der Waals surface area contributed by atoms with Crippen molar-refractivity contribution in [3.8, 4) is 0 Å². The Balaban J connectivity index is 2.74. The van der Waals surface area contributed by atoms with Gasteiger partial charge in [-0.3, -0.25) is 4.79 Å². The first kappa shape index (κ1) is 6.49. The summed E-state index contributed by atoms with van der Waals surface area (Å²) in [6, 6.07) is 1.61. The lowest BCUT2D eigenvalue weighted by atomic mass is 10.2. The van der Waals surface area contributed by atoms with Crippen molar-refractivity contribution in [1.82, 2.24) is 4.98 Å². The molecule has 0 saturated carbocycles. The van der Waals surface area contributed by atoms with Crippen molar-refractivity contribution in [2.75, 3.05) is 0 Å². The van der Waals surface area contributed by atoms with Crippen LogP contribution in [0.2, 0.25) is 5.15 Å². The van der Waals surface area contributed by atoms with Gasteiger partial charge in [0.25, 0.3) is 5.91 Å². The van der Waals surface area contributed by atoms with Gasteiger partial charge in [-0.2, -0.15) is 0 Å². The van der Waals surface area contributed by atoms with Crippen molar-refractivity contribution in [3.05, 3.63) is 28.5 Å². The van der Waals surface area contributed by atoms with Crippen molar-refractivity contribution >= 4 is 23.7 Å². The van der Waals surface area contributed by atoms with Gasteiger partial charge in [0.05, 0.1) is 5.56 Å². The van der Waals surface area contributed by atoms with Gasteiger partial charge in [0.2, 0.25) is 0 Å². The van der Waals surface area contributed by atoms with E-state index in [0.29, 0.717) is 16.3 Å². The minimum absolute atomic E-state index is 0.246. The van der Waals surface area contributed by atoms with Crippen molar-refractivity contribution in [2.24, 2.45) is 4.99 Å². The topological polar surface area (TPSA) is 42.3 Å². The third kappa shape index (κ3) is 0.851. The highest BCUT2D eigenvalue weighted by atomic mass is 35.5. The highest BCUT2D eigenvalue weighted by Crippen LogP contribution is 2.19. The average Bonchev–Trinajstić information content (AvgIpc) is 2.35. The largest absolute Gasteiger partial charge is 0.277 e. The van der Waals surface area contributed by atoms with E-state index < -0.39 is 0 Å². The maximum absolute atomic E-state index is 10.9. The SMILES string of the molecule is O=C1N=Cc2c1ccnc2Cl. The van der Waals surface area contributed by atoms with Gasteiger partial charge in [-0.25, -0.2) is 9.98 Å². The monoisotopic (exact) mass is 166 g/mol. The van der Waals surface area contributed by atoms with Crippen LogP contribution in [-0.2, 0) is 0 Å². The summed E-state index contributed by atoms with van der Waals surface area (Å²) in [5.74, 6) is -0.246. The number of hydrogen-bond donors (Lipinski definition) is 0. The molecule has 11 heavy (non-hydrogen) atoms. The third-order valence-electron chi connectivity index (χ3n) is 1.48. The van der Waals surface area contributed by atoms with E-state index in [0.717, 1.165) is 0 Å². The molecule has 0 radical (unpaired) electrons. The van der Waals surface area contributed by atoms with Crippen LogP contribution >= 0.6 is 11.6 Å². The van der Waals surface area contributed by atoms with E-state index in [2.05, 4.69) is 9.98 Å². The summed E-state index contributed by atoms with van der Waals surface area (Å²) in [7, 11) is 0. The highest BCUT2D eigenvalue weighted by molar-refractivity contribution is 6.33. The van der Waals surface area contributed by atoms with Gasteiger partial charge < -0.3 is 0 Å². The number of amides is 1. The quantitative estimate of drug-likeness (QED) is 0.546. The molecule has 54 valence electrons. The van der Waals surface area contributed by atoms with Gasteiger partial charge in [0, 0.05) is 18.0 Å². The second-order valence-electron chi connectivity index (χ2n) is 2.13. The molecule has 2 heterocycles. The third-order valence-corrected chi connectivity index (χ3v) is 1.78. The Morgan fingerprint density at radius 1 is 1.45 bits per heavy atom. The number of pyridine rings is 1. The number of carbonyl (C=O) groups is 1. The van der Waals surface area contributed by atoms with E-state index in [1.807, 2.05) is 0 Å². The molecule has 0 aromatic carbocycles. The standard InChI is InChI=1S/C7H3ClN2O/c8-6-5-3-10-7(11)4(5)1-2-9-6/h1-3H. The van der Waals surface area contributed by atoms with Crippen LogP contribution in [0.1, 0.15) is 15.9 Å². The number of fused-ring (bicyclic) bond motifs is 1. The lowest BCUT2D eigenvalue weighted by molar-refractivity contribution is 0.101. The highest BCUT2D eigenvalue weighted by Gasteiger charge is 2.17. The van der Waals surface area contributed by atoms with Crippen molar-refractivity contribution < 1.29 is 4.79 Å². The van der Waals surface area contributed by atoms with E-state index in [1.54, 1.807) is 6.07 Å². The predicted octanol–water partition coefficient (Wildman–Crippen LogP) is 1.31. The molecule has 0 unspecified atom stereocenters. The fourth-order valence-electron chi connectivity index (χ4n) is 0.950. The van der Waals surface area contributed by atoms with Gasteiger partial charge in [0.15, 0.2) is 0 Å². The summed E-state index contributed by atoms with van der Waals surface area (Å²) in [4.78, 5) is 18.3. The minimum atomic E-state index is -0.246. The van der Waals surface area contributed by atoms with Crippen LogP contribution in [-0.4, -0.2) is 17.1 Å². The van der Waals surface area contributed by atoms with E-state index >= 15 is 0 Å². The van der Waals surface area contributed by atoms with Crippen molar-refractivity contribution in [3.63, 3.8) is 0 Å². The fraction of sp³-hybridized carbons (Fsp3) is 0. The second kappa shape index (κ2) is 2.13. The molecule has 1 aliphatic heterocycles. The molecule has 2 rings (SSSR count). The molecule has 0 fully saturated rings. The minimum Gasteiger partial charge on any atom is -0.267 e. The average molecular weight is 167 g/mol. The van der Waals surface area contributed by atoms with Gasteiger partial charge in [-0.05, 0) is 6.07 Å². The van der Waals surface area contributed by atoms with Gasteiger partial charge in [-0.1, -0.05) is 11.6 Å². The van der Waals surface area contributed by atoms with Crippen LogP contribution in [0.4, 0.5) is 0 Å². The molecule has 0 atom stereocenters. The summed E-state index contributed by atoms with van der Waals surface area (Å²) in [5, 5.41) is 0.331. The normalized spacial score (nSPS) is 13.7. The number of hydrogen-bond acceptors (Lipinski definition) is 2. The maximum atomic E-state index is 10.9. The molecule has 4 heteroatoms. The van der Waals surface area contributed by atoms with Crippen LogP contribution in [0.3, 0.4) is 0 Å². The Kier molecular flexibility index (Phi) is 1.26. The maximum Gasteiger partial charge on any atom is 0.277 e. The van der Waals surface area contributed by atoms with E-state index in [1.165, 1.54) is 12.4 Å². The zero-order valence-corrected chi connectivity index (χ0v) is 6.17. The number of rotatable bonds is 0. The van der Waals surface area contributed by atoms with Gasteiger partial charge in [0.1, 0.15) is 5.15 Å². The molecule has 1 aromatic rings. The first-order chi connectivity index (χ1) is 5.29. The first-order valence-corrected chi connectivity index (χ1v) is 3.40. The second-order valence-corrected chi connectivity index (χ2v) is 2.48. The van der Waals surface area contributed by atoms with Gasteiger partial charge >= 0.3 is 0 Å². The number of aromatic nitrogens is 1. The first-order valence-electron chi connectivity index (χ1n) is 3.02. The molecule has 3 nitrogen and oxygen atoms in total. The molecule has 1 aromatic heterocycles. The molecule has 0 aliphatic carbocycles. The summed E-state index contributed by atoms with van der Waals surface area (Å²) >= 11 is 5.68. The van der Waals surface area contributed by atoms with E-state index in [9.17, 15) is 4.79 Å². The molecule has 0 N–H and O–H groups in total. The number of aliphatic imine (C=N–C) groups is 1. The molecule has 0 spiro atoms. The fourth-order valence-corrected chi connectivity index (χ4v) is 1.16. The lowest BCUT2D eigenvalue weighted by Crippen LogP contribution is -1.93. The van der Waals surface area contributed by atoms with Crippen LogP contribution in [0, 0.1) is 0 Å². The van der Waals surface area contributed by atoms with Crippen molar-refractivity contribution in [2.45, 2.75) is 0 Å². The Morgan fingerprint density at radius 2 is 2.27 bits per heavy atom. The molecule has 0 saturated heterocycles. The molecular weight excluding hydrogens is 164 g/mol. The molecule has 0 bridgehead atoms. The number of nitrogens with zero attached hydrogens (tertiary/aromatic N) is 2. The van der Waals surface area contributed by atoms with Crippen LogP contribution < -0.4 is 0 Å². The Bertz CT molecular complexity index is 359.